The van der Waals surface area contributed by atoms with Crippen LogP contribution in [0.3, 0.4) is 0 Å². The van der Waals surface area contributed by atoms with Crippen LogP contribution in [0.15, 0.2) is 0 Å². The summed E-state index contributed by atoms with van der Waals surface area (Å²) in [5.41, 5.74) is 10.2. The number of nitrogens with two attached hydrogens (primary N) is 2. The standard InChI is InChI=1S/C10H19N3O2/c11-8(14)4-1-2-7-13-9(15)10(12)5-3-6-10/h1-7,12H2,(H2,11,14)(H,13,15). The predicted octanol–water partition coefficient (Wildman–Crippen LogP) is -0.360. The molecule has 1 saturated carbocycles. The van der Waals surface area contributed by atoms with E-state index in [4.69, 9.17) is 11.5 Å². The largest absolute Gasteiger partial charge is 0.370 e. The van der Waals surface area contributed by atoms with E-state index in [1.54, 1.807) is 0 Å². The van der Waals surface area contributed by atoms with Gasteiger partial charge >= 0.3 is 0 Å². The van der Waals surface area contributed by atoms with Gasteiger partial charge in [0.25, 0.3) is 0 Å². The van der Waals surface area contributed by atoms with Crippen molar-refractivity contribution in [3.63, 3.8) is 0 Å². The number of hydrogen-bond acceptors (Lipinski definition) is 3. The van der Waals surface area contributed by atoms with Crippen LogP contribution in [0.25, 0.3) is 0 Å². The number of carbonyl (C=O) groups excluding carboxylic acids is 2. The SMILES string of the molecule is NC(=O)CCCCNC(=O)C1(N)CCC1. The summed E-state index contributed by atoms with van der Waals surface area (Å²) in [6, 6.07) is 0. The fourth-order valence-corrected chi connectivity index (χ4v) is 1.59. The van der Waals surface area contributed by atoms with Gasteiger partial charge in [0.05, 0.1) is 5.54 Å². The first-order valence-corrected chi connectivity index (χ1v) is 5.40. The molecule has 5 N–H and O–H groups in total. The molecule has 1 aliphatic rings. The van der Waals surface area contributed by atoms with E-state index in [-0.39, 0.29) is 11.8 Å². The summed E-state index contributed by atoms with van der Waals surface area (Å²) in [6.45, 7) is 0.574. The summed E-state index contributed by atoms with van der Waals surface area (Å²) in [4.78, 5) is 21.9. The van der Waals surface area contributed by atoms with E-state index in [9.17, 15) is 9.59 Å². The molecule has 0 aromatic rings. The smallest absolute Gasteiger partial charge is 0.240 e. The van der Waals surface area contributed by atoms with E-state index in [0.717, 1.165) is 25.7 Å². The van der Waals surface area contributed by atoms with Crippen molar-refractivity contribution in [2.75, 3.05) is 6.54 Å². The maximum Gasteiger partial charge on any atom is 0.240 e. The van der Waals surface area contributed by atoms with Crippen molar-refractivity contribution in [2.24, 2.45) is 11.5 Å². The summed E-state index contributed by atoms with van der Waals surface area (Å²) in [5.74, 6) is -0.358. The van der Waals surface area contributed by atoms with Gasteiger partial charge < -0.3 is 16.8 Å². The molecule has 0 heterocycles. The number of amides is 2. The first kappa shape index (κ1) is 12.0. The highest BCUT2D eigenvalue weighted by atomic mass is 16.2. The molecular formula is C10H19N3O2. The van der Waals surface area contributed by atoms with E-state index in [1.165, 1.54) is 0 Å². The zero-order valence-electron chi connectivity index (χ0n) is 8.92. The Morgan fingerprint density at radius 1 is 1.27 bits per heavy atom. The summed E-state index contributed by atoms with van der Waals surface area (Å²) in [5, 5.41) is 2.78. The van der Waals surface area contributed by atoms with Crippen molar-refractivity contribution in [3.05, 3.63) is 0 Å². The minimum absolute atomic E-state index is 0.0622. The third kappa shape index (κ3) is 3.51. The lowest BCUT2D eigenvalue weighted by Crippen LogP contribution is -2.58. The minimum Gasteiger partial charge on any atom is -0.370 e. The second kappa shape index (κ2) is 5.11. The summed E-state index contributed by atoms with van der Waals surface area (Å²) in [7, 11) is 0. The van der Waals surface area contributed by atoms with E-state index in [0.29, 0.717) is 19.4 Å². The zero-order valence-corrected chi connectivity index (χ0v) is 8.92. The molecule has 86 valence electrons. The topological polar surface area (TPSA) is 98.2 Å². The van der Waals surface area contributed by atoms with Crippen LogP contribution in [0.4, 0.5) is 0 Å². The fourth-order valence-electron chi connectivity index (χ4n) is 1.59. The Balaban J connectivity index is 2.05. The lowest BCUT2D eigenvalue weighted by Gasteiger charge is -2.36. The number of nitrogens with one attached hydrogen (secondary N) is 1. The van der Waals surface area contributed by atoms with Crippen molar-refractivity contribution in [1.29, 1.82) is 0 Å². The summed E-state index contributed by atoms with van der Waals surface area (Å²) in [6.07, 6.45) is 4.45. The monoisotopic (exact) mass is 213 g/mol. The van der Waals surface area contributed by atoms with Crippen LogP contribution in [-0.4, -0.2) is 23.9 Å². The van der Waals surface area contributed by atoms with Crippen LogP contribution in [-0.2, 0) is 9.59 Å². The summed E-state index contributed by atoms with van der Waals surface area (Å²) < 4.78 is 0. The van der Waals surface area contributed by atoms with Crippen LogP contribution < -0.4 is 16.8 Å². The van der Waals surface area contributed by atoms with E-state index < -0.39 is 5.54 Å². The minimum atomic E-state index is -0.621. The van der Waals surface area contributed by atoms with Gasteiger partial charge in [-0.2, -0.15) is 0 Å². The van der Waals surface area contributed by atoms with E-state index in [1.807, 2.05) is 0 Å². The molecule has 1 aliphatic carbocycles. The van der Waals surface area contributed by atoms with Crippen LogP contribution in [0.1, 0.15) is 38.5 Å². The van der Waals surface area contributed by atoms with Gasteiger partial charge in [-0.15, -0.1) is 0 Å². The van der Waals surface area contributed by atoms with Gasteiger partial charge in [0, 0.05) is 13.0 Å². The van der Waals surface area contributed by atoms with E-state index >= 15 is 0 Å². The Morgan fingerprint density at radius 2 is 1.93 bits per heavy atom. The normalized spacial score (nSPS) is 17.9. The molecule has 0 unspecified atom stereocenters. The molecule has 0 radical (unpaired) electrons. The van der Waals surface area contributed by atoms with Crippen LogP contribution in [0, 0.1) is 0 Å². The molecule has 0 spiro atoms. The average Bonchev–Trinajstić information content (AvgIpc) is 2.12. The van der Waals surface area contributed by atoms with Crippen LogP contribution in [0.2, 0.25) is 0 Å². The van der Waals surface area contributed by atoms with Crippen molar-refractivity contribution >= 4 is 11.8 Å². The van der Waals surface area contributed by atoms with Gasteiger partial charge in [-0.1, -0.05) is 0 Å². The second-order valence-electron chi connectivity index (χ2n) is 4.19. The Morgan fingerprint density at radius 3 is 2.40 bits per heavy atom. The Kier molecular flexibility index (Phi) is 4.08. The van der Waals surface area contributed by atoms with Gasteiger partial charge in [0.15, 0.2) is 0 Å². The molecule has 1 rings (SSSR count). The second-order valence-corrected chi connectivity index (χ2v) is 4.19. The molecular weight excluding hydrogens is 194 g/mol. The highest BCUT2D eigenvalue weighted by molar-refractivity contribution is 5.86. The Labute approximate surface area is 89.6 Å². The van der Waals surface area contributed by atoms with E-state index in [2.05, 4.69) is 5.32 Å². The van der Waals surface area contributed by atoms with Crippen molar-refractivity contribution in [2.45, 2.75) is 44.1 Å². The van der Waals surface area contributed by atoms with Gasteiger partial charge in [-0.05, 0) is 32.1 Å². The van der Waals surface area contributed by atoms with Gasteiger partial charge in [-0.3, -0.25) is 9.59 Å². The molecule has 0 aliphatic heterocycles. The predicted molar refractivity (Wildman–Crippen MR) is 56.8 cm³/mol. The third-order valence-electron chi connectivity index (χ3n) is 2.83. The number of rotatable bonds is 6. The number of hydrogen-bond donors (Lipinski definition) is 3. The maximum atomic E-state index is 11.5. The highest BCUT2D eigenvalue weighted by Gasteiger charge is 2.39. The van der Waals surface area contributed by atoms with Gasteiger partial charge in [0.2, 0.25) is 11.8 Å². The number of primary amides is 1. The van der Waals surface area contributed by atoms with Gasteiger partial charge in [0.1, 0.15) is 0 Å². The average molecular weight is 213 g/mol. The van der Waals surface area contributed by atoms with Gasteiger partial charge in [-0.25, -0.2) is 0 Å². The molecule has 0 aromatic heterocycles. The fraction of sp³-hybridized carbons (Fsp3) is 0.800. The van der Waals surface area contributed by atoms with Crippen LogP contribution >= 0.6 is 0 Å². The third-order valence-corrected chi connectivity index (χ3v) is 2.83. The molecule has 0 bridgehead atoms. The van der Waals surface area contributed by atoms with Crippen molar-refractivity contribution in [3.8, 4) is 0 Å². The molecule has 0 saturated heterocycles. The lowest BCUT2D eigenvalue weighted by molar-refractivity contribution is -0.129. The maximum absolute atomic E-state index is 11.5. The molecule has 2 amide bonds. The zero-order chi connectivity index (χ0) is 11.3. The van der Waals surface area contributed by atoms with Crippen molar-refractivity contribution < 1.29 is 9.59 Å². The molecule has 5 nitrogen and oxygen atoms in total. The Bertz CT molecular complexity index is 249. The first-order chi connectivity index (χ1) is 7.04. The first-order valence-electron chi connectivity index (χ1n) is 5.40. The molecule has 0 aromatic carbocycles. The lowest BCUT2D eigenvalue weighted by atomic mass is 9.77. The van der Waals surface area contributed by atoms with Crippen molar-refractivity contribution in [1.82, 2.24) is 5.32 Å². The quantitative estimate of drug-likeness (QED) is 0.525. The molecule has 0 atom stereocenters. The highest BCUT2D eigenvalue weighted by Crippen LogP contribution is 2.28. The number of unbranched alkanes of at least 4 members (excludes halogenated alkanes) is 1. The number of carbonyl (C=O) groups is 2. The molecule has 5 heteroatoms. The molecule has 15 heavy (non-hydrogen) atoms. The Hall–Kier alpha value is -1.10. The summed E-state index contributed by atoms with van der Waals surface area (Å²) >= 11 is 0. The molecule has 1 fully saturated rings. The van der Waals surface area contributed by atoms with Crippen LogP contribution in [0.5, 0.6) is 0 Å².